The van der Waals surface area contributed by atoms with Crippen LogP contribution in [0.2, 0.25) is 0 Å². The number of esters is 1. The first-order valence-electron chi connectivity index (χ1n) is 6.27. The number of carbonyl (C=O) groups is 3. The summed E-state index contributed by atoms with van der Waals surface area (Å²) in [5.41, 5.74) is 0.490. The number of ether oxygens (including phenoxy) is 1. The minimum absolute atomic E-state index is 0.0599. The number of benzene rings is 1. The van der Waals surface area contributed by atoms with Gasteiger partial charge in [-0.05, 0) is 19.1 Å². The SMILES string of the molecule is CCOC(=O)CCC(=O)N(CC(=O)O)c1ccccc1. The summed E-state index contributed by atoms with van der Waals surface area (Å²) in [6, 6.07) is 8.48. The predicted octanol–water partition coefficient (Wildman–Crippen LogP) is 1.45. The summed E-state index contributed by atoms with van der Waals surface area (Å²) in [5, 5.41) is 8.87. The number of hydrogen-bond acceptors (Lipinski definition) is 4. The van der Waals surface area contributed by atoms with Crippen molar-refractivity contribution < 1.29 is 24.2 Å². The molecule has 108 valence electrons. The molecule has 0 aliphatic carbocycles. The molecule has 0 aliphatic rings. The highest BCUT2D eigenvalue weighted by atomic mass is 16.5. The fraction of sp³-hybridized carbons (Fsp3) is 0.357. The Balaban J connectivity index is 2.71. The van der Waals surface area contributed by atoms with E-state index in [1.807, 2.05) is 0 Å². The zero-order chi connectivity index (χ0) is 15.0. The molecule has 0 saturated heterocycles. The van der Waals surface area contributed by atoms with Gasteiger partial charge in [0.1, 0.15) is 6.54 Å². The van der Waals surface area contributed by atoms with Gasteiger partial charge in [0.25, 0.3) is 0 Å². The van der Waals surface area contributed by atoms with E-state index in [0.29, 0.717) is 5.69 Å². The molecule has 6 heteroatoms. The number of para-hydroxylation sites is 1. The Morgan fingerprint density at radius 1 is 1.15 bits per heavy atom. The van der Waals surface area contributed by atoms with Gasteiger partial charge < -0.3 is 14.7 Å². The van der Waals surface area contributed by atoms with E-state index in [0.717, 1.165) is 4.90 Å². The molecule has 0 aromatic heterocycles. The minimum atomic E-state index is -1.11. The van der Waals surface area contributed by atoms with Crippen molar-refractivity contribution in [1.29, 1.82) is 0 Å². The number of hydrogen-bond donors (Lipinski definition) is 1. The van der Waals surface area contributed by atoms with Crippen LogP contribution in [0.4, 0.5) is 5.69 Å². The molecule has 20 heavy (non-hydrogen) atoms. The molecule has 1 aromatic carbocycles. The minimum Gasteiger partial charge on any atom is -0.480 e. The van der Waals surface area contributed by atoms with Gasteiger partial charge in [0.2, 0.25) is 5.91 Å². The lowest BCUT2D eigenvalue weighted by Crippen LogP contribution is -2.35. The molecule has 6 nitrogen and oxygen atoms in total. The van der Waals surface area contributed by atoms with Crippen molar-refractivity contribution >= 4 is 23.5 Å². The molecule has 0 aliphatic heterocycles. The Kier molecular flexibility index (Phi) is 6.22. The maximum Gasteiger partial charge on any atom is 0.323 e. The van der Waals surface area contributed by atoms with E-state index in [9.17, 15) is 14.4 Å². The van der Waals surface area contributed by atoms with Crippen molar-refractivity contribution in [3.05, 3.63) is 30.3 Å². The quantitative estimate of drug-likeness (QED) is 0.764. The Hall–Kier alpha value is -2.37. The van der Waals surface area contributed by atoms with Gasteiger partial charge >= 0.3 is 11.9 Å². The fourth-order valence-electron chi connectivity index (χ4n) is 1.64. The highest BCUT2D eigenvalue weighted by molar-refractivity contribution is 5.98. The van der Waals surface area contributed by atoms with E-state index >= 15 is 0 Å². The van der Waals surface area contributed by atoms with E-state index in [4.69, 9.17) is 9.84 Å². The van der Waals surface area contributed by atoms with Crippen molar-refractivity contribution in [3.8, 4) is 0 Å². The summed E-state index contributed by atoms with van der Waals surface area (Å²) in [4.78, 5) is 35.2. The third-order valence-electron chi connectivity index (χ3n) is 2.51. The molecule has 1 amide bonds. The van der Waals surface area contributed by atoms with Crippen LogP contribution in [-0.4, -0.2) is 36.1 Å². The van der Waals surface area contributed by atoms with Gasteiger partial charge in [0.05, 0.1) is 13.0 Å². The van der Waals surface area contributed by atoms with Gasteiger partial charge in [-0.3, -0.25) is 14.4 Å². The summed E-state index contributed by atoms with van der Waals surface area (Å²) in [7, 11) is 0. The Morgan fingerprint density at radius 2 is 1.80 bits per heavy atom. The molecule has 0 unspecified atom stereocenters. The van der Waals surface area contributed by atoms with Gasteiger partial charge in [-0.1, -0.05) is 18.2 Å². The second kappa shape index (κ2) is 7.93. The smallest absolute Gasteiger partial charge is 0.323 e. The van der Waals surface area contributed by atoms with Crippen LogP contribution in [0.15, 0.2) is 30.3 Å². The zero-order valence-corrected chi connectivity index (χ0v) is 11.2. The lowest BCUT2D eigenvalue weighted by atomic mass is 10.2. The van der Waals surface area contributed by atoms with Gasteiger partial charge in [-0.25, -0.2) is 0 Å². The normalized spacial score (nSPS) is 9.85. The van der Waals surface area contributed by atoms with Crippen molar-refractivity contribution in [3.63, 3.8) is 0 Å². The maximum atomic E-state index is 12.0. The van der Waals surface area contributed by atoms with Crippen LogP contribution in [0.3, 0.4) is 0 Å². The topological polar surface area (TPSA) is 83.9 Å². The van der Waals surface area contributed by atoms with Crippen LogP contribution in [0.1, 0.15) is 19.8 Å². The number of carboxylic acids is 1. The van der Waals surface area contributed by atoms with E-state index < -0.39 is 24.4 Å². The van der Waals surface area contributed by atoms with Crippen LogP contribution in [0.25, 0.3) is 0 Å². The van der Waals surface area contributed by atoms with Crippen molar-refractivity contribution in [2.45, 2.75) is 19.8 Å². The molecule has 0 spiro atoms. The van der Waals surface area contributed by atoms with Crippen LogP contribution in [0, 0.1) is 0 Å². The van der Waals surface area contributed by atoms with Crippen LogP contribution >= 0.6 is 0 Å². The van der Waals surface area contributed by atoms with E-state index in [2.05, 4.69) is 0 Å². The highest BCUT2D eigenvalue weighted by Gasteiger charge is 2.19. The first-order chi connectivity index (χ1) is 9.54. The Labute approximate surface area is 117 Å². The molecule has 0 fully saturated rings. The van der Waals surface area contributed by atoms with E-state index in [1.165, 1.54) is 0 Å². The molecule has 1 rings (SSSR count). The zero-order valence-electron chi connectivity index (χ0n) is 11.2. The molecular formula is C14H17NO5. The second-order valence-corrected chi connectivity index (χ2v) is 4.01. The second-order valence-electron chi connectivity index (χ2n) is 4.01. The van der Waals surface area contributed by atoms with Gasteiger partial charge in [0, 0.05) is 12.1 Å². The third kappa shape index (κ3) is 5.09. The lowest BCUT2D eigenvalue weighted by molar-refractivity contribution is -0.144. The maximum absolute atomic E-state index is 12.0. The first kappa shape index (κ1) is 15.7. The largest absolute Gasteiger partial charge is 0.480 e. The summed E-state index contributed by atoms with van der Waals surface area (Å²) in [6.45, 7) is 1.50. The molecule has 0 bridgehead atoms. The molecule has 1 N–H and O–H groups in total. The molecule has 0 heterocycles. The fourth-order valence-corrected chi connectivity index (χ4v) is 1.64. The number of carbonyl (C=O) groups excluding carboxylic acids is 2. The average molecular weight is 279 g/mol. The molecule has 1 aromatic rings. The van der Waals surface area contributed by atoms with Crippen molar-refractivity contribution in [1.82, 2.24) is 0 Å². The summed E-state index contributed by atoms with van der Waals surface area (Å²) >= 11 is 0. The van der Waals surface area contributed by atoms with E-state index in [1.54, 1.807) is 37.3 Å². The van der Waals surface area contributed by atoms with Crippen molar-refractivity contribution in [2.24, 2.45) is 0 Å². The summed E-state index contributed by atoms with van der Waals surface area (Å²) in [6.07, 6.45) is -0.142. The Bertz CT molecular complexity index is 472. The van der Waals surface area contributed by atoms with Crippen molar-refractivity contribution in [2.75, 3.05) is 18.1 Å². The monoisotopic (exact) mass is 279 g/mol. The number of rotatable bonds is 7. The van der Waals surface area contributed by atoms with Gasteiger partial charge in [-0.15, -0.1) is 0 Å². The standard InChI is InChI=1S/C14H17NO5/c1-2-20-14(19)9-8-12(16)15(10-13(17)18)11-6-4-3-5-7-11/h3-7H,2,8-10H2,1H3,(H,17,18). The summed E-state index contributed by atoms with van der Waals surface area (Å²) < 4.78 is 4.73. The van der Waals surface area contributed by atoms with E-state index in [-0.39, 0.29) is 19.4 Å². The Morgan fingerprint density at radius 3 is 2.35 bits per heavy atom. The third-order valence-corrected chi connectivity index (χ3v) is 2.51. The van der Waals surface area contributed by atoms with Gasteiger partial charge in [-0.2, -0.15) is 0 Å². The number of aliphatic carboxylic acids is 1. The number of anilines is 1. The number of amides is 1. The molecule has 0 radical (unpaired) electrons. The number of nitrogens with zero attached hydrogens (tertiary/aromatic N) is 1. The van der Waals surface area contributed by atoms with Gasteiger partial charge in [0.15, 0.2) is 0 Å². The molecule has 0 atom stereocenters. The summed E-state index contributed by atoms with van der Waals surface area (Å²) in [5.74, 6) is -2.01. The van der Waals surface area contributed by atoms with Crippen LogP contribution in [0.5, 0.6) is 0 Å². The first-order valence-corrected chi connectivity index (χ1v) is 6.27. The van der Waals surface area contributed by atoms with Crippen LogP contribution in [-0.2, 0) is 19.1 Å². The van der Waals surface area contributed by atoms with Crippen LogP contribution < -0.4 is 4.90 Å². The number of carboxylic acid groups (broad SMARTS) is 1. The average Bonchev–Trinajstić information content (AvgIpc) is 2.43. The highest BCUT2D eigenvalue weighted by Crippen LogP contribution is 2.15. The lowest BCUT2D eigenvalue weighted by Gasteiger charge is -2.20. The molecular weight excluding hydrogens is 262 g/mol. The molecule has 0 saturated carbocycles. The predicted molar refractivity (Wildman–Crippen MR) is 72.3 cm³/mol.